The molecule has 0 aliphatic carbocycles. The van der Waals surface area contributed by atoms with Gasteiger partial charge in [0.1, 0.15) is 5.84 Å². The maximum absolute atomic E-state index is 6.52. The second-order valence-corrected chi connectivity index (χ2v) is 8.91. The molecule has 0 atom stereocenters. The number of hydrogen-bond donors (Lipinski definition) is 1. The molecule has 0 bridgehead atoms. The van der Waals surface area contributed by atoms with E-state index in [-0.39, 0.29) is 0 Å². The zero-order chi connectivity index (χ0) is 25.7. The Bertz CT molecular complexity index is 1570. The minimum Gasteiger partial charge on any atom is -0.453 e. The van der Waals surface area contributed by atoms with E-state index >= 15 is 0 Å². The first-order chi connectivity index (χ1) is 18.8. The van der Waals surface area contributed by atoms with Crippen molar-refractivity contribution in [3.05, 3.63) is 150 Å². The Morgan fingerprint density at radius 3 is 1.79 bits per heavy atom. The summed E-state index contributed by atoms with van der Waals surface area (Å²) in [5.74, 6) is 2.65. The van der Waals surface area contributed by atoms with Crippen LogP contribution >= 0.6 is 0 Å². The predicted molar refractivity (Wildman–Crippen MR) is 155 cm³/mol. The summed E-state index contributed by atoms with van der Waals surface area (Å²) in [6, 6.07) is 44.2. The highest BCUT2D eigenvalue weighted by Crippen LogP contribution is 2.49. The van der Waals surface area contributed by atoms with Gasteiger partial charge in [-0.2, -0.15) is 0 Å². The summed E-state index contributed by atoms with van der Waals surface area (Å²) in [4.78, 5) is 11.8. The van der Waals surface area contributed by atoms with E-state index in [0.717, 1.165) is 45.3 Å². The molecule has 0 fully saturated rings. The molecule has 5 aromatic rings. The second kappa shape index (κ2) is 10.4. The maximum Gasteiger partial charge on any atom is 0.157 e. The van der Waals surface area contributed by atoms with E-state index in [0.29, 0.717) is 18.2 Å². The highest BCUT2D eigenvalue weighted by Gasteiger charge is 2.25. The molecule has 5 nitrogen and oxygen atoms in total. The molecule has 5 aromatic carbocycles. The summed E-state index contributed by atoms with van der Waals surface area (Å²) < 4.78 is 6.14. The smallest absolute Gasteiger partial charge is 0.157 e. The van der Waals surface area contributed by atoms with Crippen LogP contribution in [0, 0.1) is 0 Å². The molecule has 1 heterocycles. The molecule has 5 heteroatoms. The quantitative estimate of drug-likeness (QED) is 0.198. The standard InChI is InChI=1S/C33H26N4O/c34-32(36-33(26-13-5-2-6-14-26)35-23-24-11-3-1-4-12-24)25-19-21-27(22-20-25)37-28-15-7-9-17-30(28)38-31-18-10-8-16-29(31)37/h1-22H,23H2,(H2,34,35,36). The molecule has 0 unspecified atom stereocenters. The monoisotopic (exact) mass is 494 g/mol. The average Bonchev–Trinajstić information content (AvgIpc) is 2.99. The highest BCUT2D eigenvalue weighted by atomic mass is 16.5. The van der Waals surface area contributed by atoms with Crippen molar-refractivity contribution >= 4 is 28.7 Å². The van der Waals surface area contributed by atoms with E-state index in [1.54, 1.807) is 0 Å². The lowest BCUT2D eigenvalue weighted by Crippen LogP contribution is -2.18. The van der Waals surface area contributed by atoms with Crippen LogP contribution in [0.2, 0.25) is 0 Å². The van der Waals surface area contributed by atoms with Gasteiger partial charge < -0.3 is 15.4 Å². The number of anilines is 3. The Kier molecular flexibility index (Phi) is 6.39. The van der Waals surface area contributed by atoms with Gasteiger partial charge in [0.05, 0.1) is 17.9 Å². The van der Waals surface area contributed by atoms with Crippen molar-refractivity contribution in [1.82, 2.24) is 0 Å². The first kappa shape index (κ1) is 23.3. The summed E-state index contributed by atoms with van der Waals surface area (Å²) in [6.07, 6.45) is 0. The van der Waals surface area contributed by atoms with Gasteiger partial charge in [-0.15, -0.1) is 0 Å². The van der Waals surface area contributed by atoms with Crippen molar-refractivity contribution < 1.29 is 4.74 Å². The fourth-order valence-corrected chi connectivity index (χ4v) is 4.47. The van der Waals surface area contributed by atoms with Crippen LogP contribution < -0.4 is 15.4 Å². The van der Waals surface area contributed by atoms with Gasteiger partial charge in [-0.3, -0.25) is 4.99 Å². The second-order valence-electron chi connectivity index (χ2n) is 8.91. The summed E-state index contributed by atoms with van der Waals surface area (Å²) in [6.45, 7) is 0.524. The first-order valence-electron chi connectivity index (χ1n) is 12.5. The SMILES string of the molecule is NC(=NC(=NCc1ccccc1)c1ccccc1)c1ccc(N2c3ccccc3Oc3ccccc32)cc1. The molecule has 184 valence electrons. The summed E-state index contributed by atoms with van der Waals surface area (Å²) in [5.41, 5.74) is 12.4. The number of fused-ring (bicyclic) bond motifs is 2. The molecule has 0 aromatic heterocycles. The zero-order valence-corrected chi connectivity index (χ0v) is 20.7. The third-order valence-corrected chi connectivity index (χ3v) is 6.37. The predicted octanol–water partition coefficient (Wildman–Crippen LogP) is 7.61. The van der Waals surface area contributed by atoms with Crippen LogP contribution in [-0.4, -0.2) is 11.7 Å². The molecule has 0 radical (unpaired) electrons. The molecule has 38 heavy (non-hydrogen) atoms. The molecular weight excluding hydrogens is 468 g/mol. The maximum atomic E-state index is 6.52. The van der Waals surface area contributed by atoms with E-state index in [2.05, 4.69) is 41.3 Å². The van der Waals surface area contributed by atoms with E-state index in [9.17, 15) is 0 Å². The number of nitrogens with two attached hydrogens (primary N) is 1. The number of nitrogens with zero attached hydrogens (tertiary/aromatic N) is 3. The minimum absolute atomic E-state index is 0.412. The fraction of sp³-hybridized carbons (Fsp3) is 0.0303. The van der Waals surface area contributed by atoms with Gasteiger partial charge in [0, 0.05) is 16.8 Å². The van der Waals surface area contributed by atoms with Gasteiger partial charge in [0.25, 0.3) is 0 Å². The molecule has 1 aliphatic heterocycles. The van der Waals surface area contributed by atoms with E-state index < -0.39 is 0 Å². The fourth-order valence-electron chi connectivity index (χ4n) is 4.47. The Morgan fingerprint density at radius 1 is 0.605 bits per heavy atom. The number of hydrogen-bond acceptors (Lipinski definition) is 3. The molecule has 2 N–H and O–H groups in total. The topological polar surface area (TPSA) is 63.2 Å². The Morgan fingerprint density at radius 2 is 1.16 bits per heavy atom. The van der Waals surface area contributed by atoms with Crippen LogP contribution in [0.3, 0.4) is 0 Å². The van der Waals surface area contributed by atoms with Crippen molar-refractivity contribution in [2.75, 3.05) is 4.90 Å². The largest absolute Gasteiger partial charge is 0.453 e. The van der Waals surface area contributed by atoms with Crippen LogP contribution in [0.15, 0.2) is 143 Å². The Balaban J connectivity index is 1.33. The Labute approximate surface area is 222 Å². The van der Waals surface area contributed by atoms with Crippen molar-refractivity contribution in [2.45, 2.75) is 6.54 Å². The van der Waals surface area contributed by atoms with Crippen LogP contribution in [0.5, 0.6) is 11.5 Å². The first-order valence-corrected chi connectivity index (χ1v) is 12.5. The van der Waals surface area contributed by atoms with Gasteiger partial charge >= 0.3 is 0 Å². The molecule has 0 amide bonds. The van der Waals surface area contributed by atoms with Crippen LogP contribution in [0.1, 0.15) is 16.7 Å². The molecule has 1 aliphatic rings. The van der Waals surface area contributed by atoms with Gasteiger partial charge in [-0.25, -0.2) is 4.99 Å². The van der Waals surface area contributed by atoms with Crippen molar-refractivity contribution in [2.24, 2.45) is 15.7 Å². The molecular formula is C33H26N4O. The third kappa shape index (κ3) is 4.77. The summed E-state index contributed by atoms with van der Waals surface area (Å²) in [7, 11) is 0. The summed E-state index contributed by atoms with van der Waals surface area (Å²) >= 11 is 0. The molecule has 0 spiro atoms. The number of rotatable bonds is 5. The van der Waals surface area contributed by atoms with Gasteiger partial charge in [-0.1, -0.05) is 84.9 Å². The number of aliphatic imine (C=N–C) groups is 2. The number of ether oxygens (including phenoxy) is 1. The third-order valence-electron chi connectivity index (χ3n) is 6.37. The minimum atomic E-state index is 0.412. The average molecular weight is 495 g/mol. The lowest BCUT2D eigenvalue weighted by molar-refractivity contribution is 0.477. The van der Waals surface area contributed by atoms with E-state index in [1.165, 1.54) is 0 Å². The lowest BCUT2D eigenvalue weighted by Gasteiger charge is -2.32. The van der Waals surface area contributed by atoms with Crippen molar-refractivity contribution in [3.8, 4) is 11.5 Å². The number of benzene rings is 5. The number of amidine groups is 2. The summed E-state index contributed by atoms with van der Waals surface area (Å²) in [5, 5.41) is 0. The van der Waals surface area contributed by atoms with Crippen LogP contribution in [0.25, 0.3) is 0 Å². The normalized spacial score (nSPS) is 12.9. The van der Waals surface area contributed by atoms with Gasteiger partial charge in [0.15, 0.2) is 17.3 Å². The highest BCUT2D eigenvalue weighted by molar-refractivity contribution is 6.11. The van der Waals surface area contributed by atoms with E-state index in [4.69, 9.17) is 20.5 Å². The van der Waals surface area contributed by atoms with Crippen LogP contribution in [0.4, 0.5) is 17.1 Å². The van der Waals surface area contributed by atoms with Crippen LogP contribution in [-0.2, 0) is 6.54 Å². The molecule has 0 saturated heterocycles. The number of para-hydroxylation sites is 4. The Hall–Kier alpha value is -5.16. The van der Waals surface area contributed by atoms with Crippen molar-refractivity contribution in [3.63, 3.8) is 0 Å². The van der Waals surface area contributed by atoms with Crippen molar-refractivity contribution in [1.29, 1.82) is 0 Å². The molecule has 6 rings (SSSR count). The van der Waals surface area contributed by atoms with E-state index in [1.807, 2.05) is 97.1 Å². The lowest BCUT2D eigenvalue weighted by atomic mass is 10.1. The van der Waals surface area contributed by atoms with Gasteiger partial charge in [0.2, 0.25) is 0 Å². The van der Waals surface area contributed by atoms with Gasteiger partial charge in [-0.05, 0) is 54.1 Å². The molecule has 0 saturated carbocycles. The zero-order valence-electron chi connectivity index (χ0n) is 20.7.